The van der Waals surface area contributed by atoms with Crippen LogP contribution in [0.4, 0.5) is 0 Å². The van der Waals surface area contributed by atoms with Crippen molar-refractivity contribution in [3.8, 4) is 0 Å². The zero-order valence-electron chi connectivity index (χ0n) is 22.9. The molecule has 1 atom stereocenters. The zero-order chi connectivity index (χ0) is 25.5. The molecule has 0 radical (unpaired) electrons. The summed E-state index contributed by atoms with van der Waals surface area (Å²) in [5.74, 6) is -0.496. The van der Waals surface area contributed by atoms with E-state index in [1.165, 1.54) is 64.7 Å². The molecule has 204 valence electrons. The van der Waals surface area contributed by atoms with Gasteiger partial charge in [-0.05, 0) is 56.3 Å². The Balaban J connectivity index is 0.0000116. The van der Waals surface area contributed by atoms with Crippen molar-refractivity contribution < 1.29 is 17.8 Å². The van der Waals surface area contributed by atoms with Gasteiger partial charge in [-0.3, -0.25) is 4.79 Å². The van der Waals surface area contributed by atoms with Gasteiger partial charge in [0.05, 0.1) is 0 Å². The number of quaternary nitrogens is 1. The summed E-state index contributed by atoms with van der Waals surface area (Å²) in [7, 11) is -4.87. The molecule has 35 heavy (non-hydrogen) atoms. The van der Waals surface area contributed by atoms with Crippen molar-refractivity contribution in [2.45, 2.75) is 128 Å². The van der Waals surface area contributed by atoms with Gasteiger partial charge in [0.15, 0.2) is 5.78 Å². The lowest BCUT2D eigenvalue weighted by Crippen LogP contribution is -2.41. The molecule has 0 saturated carbocycles. The van der Waals surface area contributed by atoms with Crippen LogP contribution in [-0.4, -0.2) is 25.3 Å². The fourth-order valence-electron chi connectivity index (χ4n) is 4.73. The standard InChI is InChI=1S/C28H49NO4S.H3N/c1-4-5-6-7-8-9-10-11-12-13-14-15-16-22-27(30)28(3,34(31,32)33)26-21-17-19-25(24(26)2)20-18-23-29;/h17,19,21H,4-16,18,20,22-23,29H2,1-3H3,(H,31,32,33);1H3. The fraction of sp³-hybridized carbons (Fsp3) is 0.750. The van der Waals surface area contributed by atoms with Gasteiger partial charge >= 0.3 is 0 Å². The van der Waals surface area contributed by atoms with E-state index in [9.17, 15) is 17.8 Å². The molecule has 6 N–H and O–H groups in total. The van der Waals surface area contributed by atoms with Crippen molar-refractivity contribution in [1.82, 2.24) is 6.15 Å². The van der Waals surface area contributed by atoms with Crippen molar-refractivity contribution in [2.24, 2.45) is 5.73 Å². The zero-order valence-corrected chi connectivity index (χ0v) is 23.7. The molecule has 1 aromatic rings. The molecule has 0 aromatic heterocycles. The van der Waals surface area contributed by atoms with Crippen LogP contribution >= 0.6 is 0 Å². The Labute approximate surface area is 215 Å². The largest absolute Gasteiger partial charge is 0.747 e. The van der Waals surface area contributed by atoms with Gasteiger partial charge in [0, 0.05) is 6.42 Å². The molecule has 1 aromatic carbocycles. The van der Waals surface area contributed by atoms with E-state index < -0.39 is 20.6 Å². The van der Waals surface area contributed by atoms with E-state index in [2.05, 4.69) is 6.92 Å². The van der Waals surface area contributed by atoms with Crippen LogP contribution in [0.1, 0.15) is 127 Å². The summed E-state index contributed by atoms with van der Waals surface area (Å²) in [5.41, 5.74) is 7.57. The molecular formula is C28H52N2O4S. The van der Waals surface area contributed by atoms with Crippen molar-refractivity contribution >= 4 is 15.9 Å². The van der Waals surface area contributed by atoms with E-state index >= 15 is 0 Å². The predicted molar refractivity (Wildman–Crippen MR) is 147 cm³/mol. The number of carbonyl (C=O) groups is 1. The Hall–Kier alpha value is -1.28. The molecule has 0 saturated heterocycles. The minimum Gasteiger partial charge on any atom is -0.747 e. The molecule has 0 heterocycles. The van der Waals surface area contributed by atoms with Crippen molar-refractivity contribution in [1.29, 1.82) is 0 Å². The number of unbranched alkanes of at least 4 members (excludes halogenated alkanes) is 12. The maximum Gasteiger partial charge on any atom is 0.157 e. The van der Waals surface area contributed by atoms with E-state index in [-0.39, 0.29) is 12.6 Å². The van der Waals surface area contributed by atoms with E-state index in [1.807, 2.05) is 6.07 Å². The van der Waals surface area contributed by atoms with E-state index in [1.54, 1.807) is 19.1 Å². The number of aryl methyl sites for hydroxylation is 1. The number of benzene rings is 1. The molecule has 0 bridgehead atoms. The Bertz CT molecular complexity index is 826. The first-order chi connectivity index (χ1) is 16.2. The van der Waals surface area contributed by atoms with E-state index in [0.29, 0.717) is 30.5 Å². The first-order valence-corrected chi connectivity index (χ1v) is 14.9. The SMILES string of the molecule is CCCCCCCCCCCCCCCC(=O)C(C)(c1cccc(CCCN)c1C)S(=O)(=O)[O-].[NH4+]. The second-order valence-electron chi connectivity index (χ2n) is 9.89. The van der Waals surface area contributed by atoms with Gasteiger partial charge in [0.25, 0.3) is 0 Å². The highest BCUT2D eigenvalue weighted by Gasteiger charge is 2.42. The third-order valence-corrected chi connectivity index (χ3v) is 8.60. The monoisotopic (exact) mass is 512 g/mol. The molecule has 6 nitrogen and oxygen atoms in total. The number of hydrogen-bond donors (Lipinski definition) is 2. The molecule has 0 aliphatic carbocycles. The lowest BCUT2D eigenvalue weighted by molar-refractivity contribution is -0.121. The Morgan fingerprint density at radius 2 is 1.37 bits per heavy atom. The Morgan fingerprint density at radius 3 is 1.83 bits per heavy atom. The Kier molecular flexibility index (Phi) is 17.4. The quantitative estimate of drug-likeness (QED) is 0.142. The lowest BCUT2D eigenvalue weighted by atomic mass is 9.86. The third-order valence-electron chi connectivity index (χ3n) is 7.15. The number of ketones is 1. The summed E-state index contributed by atoms with van der Waals surface area (Å²) in [5, 5.41) is 0. The first kappa shape index (κ1) is 33.7. The molecule has 0 amide bonds. The number of Topliss-reactive ketones (excluding diaryl/α,β-unsaturated/α-hetero) is 1. The minimum atomic E-state index is -4.87. The molecule has 7 heteroatoms. The summed E-state index contributed by atoms with van der Waals surface area (Å²) in [6.07, 6.45) is 17.1. The van der Waals surface area contributed by atoms with Crippen LogP contribution in [0.15, 0.2) is 18.2 Å². The highest BCUT2D eigenvalue weighted by Crippen LogP contribution is 2.36. The molecular weight excluding hydrogens is 460 g/mol. The minimum absolute atomic E-state index is 0. The summed E-state index contributed by atoms with van der Waals surface area (Å²) >= 11 is 0. The lowest BCUT2D eigenvalue weighted by Gasteiger charge is -2.33. The molecule has 0 spiro atoms. The predicted octanol–water partition coefficient (Wildman–Crippen LogP) is 7.07. The van der Waals surface area contributed by atoms with Crippen LogP contribution < -0.4 is 11.9 Å². The van der Waals surface area contributed by atoms with Crippen LogP contribution in [0.3, 0.4) is 0 Å². The normalized spacial score (nSPS) is 13.3. The molecule has 0 aliphatic rings. The third kappa shape index (κ3) is 11.1. The first-order valence-electron chi connectivity index (χ1n) is 13.5. The van der Waals surface area contributed by atoms with Crippen LogP contribution in [0.5, 0.6) is 0 Å². The van der Waals surface area contributed by atoms with Gasteiger partial charge in [-0.2, -0.15) is 0 Å². The summed E-state index contributed by atoms with van der Waals surface area (Å²) in [6, 6.07) is 5.25. The summed E-state index contributed by atoms with van der Waals surface area (Å²) in [4.78, 5) is 13.1. The Morgan fingerprint density at radius 1 is 0.886 bits per heavy atom. The van der Waals surface area contributed by atoms with Gasteiger partial charge < -0.3 is 16.4 Å². The van der Waals surface area contributed by atoms with Crippen molar-refractivity contribution in [3.05, 3.63) is 34.9 Å². The number of rotatable bonds is 20. The highest BCUT2D eigenvalue weighted by atomic mass is 32.2. The van der Waals surface area contributed by atoms with Gasteiger partial charge in [0.2, 0.25) is 0 Å². The molecule has 1 unspecified atom stereocenters. The van der Waals surface area contributed by atoms with Gasteiger partial charge in [-0.15, -0.1) is 0 Å². The molecule has 1 rings (SSSR count). The van der Waals surface area contributed by atoms with Crippen molar-refractivity contribution in [3.63, 3.8) is 0 Å². The maximum absolute atomic E-state index is 13.1. The van der Waals surface area contributed by atoms with Crippen LogP contribution in [0.2, 0.25) is 0 Å². The number of carbonyl (C=O) groups excluding carboxylic acids is 1. The van der Waals surface area contributed by atoms with Gasteiger partial charge in [0.1, 0.15) is 14.9 Å². The van der Waals surface area contributed by atoms with Gasteiger partial charge in [-0.1, -0.05) is 102 Å². The highest BCUT2D eigenvalue weighted by molar-refractivity contribution is 7.87. The molecule has 0 aliphatic heterocycles. The number of nitrogens with two attached hydrogens (primary N) is 1. The fourth-order valence-corrected chi connectivity index (χ4v) is 5.60. The second kappa shape index (κ2) is 18.0. The average molecular weight is 513 g/mol. The summed E-state index contributed by atoms with van der Waals surface area (Å²) < 4.78 is 34.9. The second-order valence-corrected chi connectivity index (χ2v) is 11.6. The smallest absolute Gasteiger partial charge is 0.157 e. The van der Waals surface area contributed by atoms with E-state index in [4.69, 9.17) is 5.73 Å². The molecule has 0 fully saturated rings. The maximum atomic E-state index is 13.1. The van der Waals surface area contributed by atoms with Crippen LogP contribution in [0, 0.1) is 6.92 Å². The van der Waals surface area contributed by atoms with Crippen molar-refractivity contribution in [2.75, 3.05) is 6.54 Å². The summed E-state index contributed by atoms with van der Waals surface area (Å²) in [6.45, 7) is 5.85. The van der Waals surface area contributed by atoms with Crippen LogP contribution in [0.25, 0.3) is 0 Å². The van der Waals surface area contributed by atoms with Gasteiger partial charge in [-0.25, -0.2) is 8.42 Å². The average Bonchev–Trinajstić information content (AvgIpc) is 2.80. The van der Waals surface area contributed by atoms with E-state index in [0.717, 1.165) is 31.2 Å². The number of hydrogen-bond acceptors (Lipinski definition) is 5. The topological polar surface area (TPSA) is 137 Å². The van der Waals surface area contributed by atoms with Crippen LogP contribution in [-0.2, 0) is 26.1 Å².